The highest BCUT2D eigenvalue weighted by Gasteiger charge is 2.37. The second kappa shape index (κ2) is 10.9. The summed E-state index contributed by atoms with van der Waals surface area (Å²) in [5, 5.41) is 9.33. The van der Waals surface area contributed by atoms with E-state index in [9.17, 15) is 9.59 Å². The largest absolute Gasteiger partial charge is 0.495 e. The molecule has 0 spiro atoms. The lowest BCUT2D eigenvalue weighted by molar-refractivity contribution is -0.148. The normalized spacial score (nSPS) is 18.1. The van der Waals surface area contributed by atoms with Gasteiger partial charge in [-0.2, -0.15) is 0 Å². The molecule has 3 rings (SSSR count). The van der Waals surface area contributed by atoms with Crippen LogP contribution in [0.3, 0.4) is 0 Å². The molecule has 1 aliphatic heterocycles. The molecule has 0 radical (unpaired) electrons. The van der Waals surface area contributed by atoms with Crippen LogP contribution in [0.25, 0.3) is 0 Å². The average Bonchev–Trinajstić information content (AvgIpc) is 2.83. The Labute approximate surface area is 203 Å². The van der Waals surface area contributed by atoms with Gasteiger partial charge in [0.2, 0.25) is 5.91 Å². The quantitative estimate of drug-likeness (QED) is 0.384. The molecule has 1 saturated heterocycles. The van der Waals surface area contributed by atoms with Crippen molar-refractivity contribution in [1.82, 2.24) is 10.6 Å². The first-order valence-corrected chi connectivity index (χ1v) is 10.8. The number of para-hydroxylation sites is 2. The zero-order chi connectivity index (χ0) is 24.8. The molecule has 3 N–H and O–H groups in total. The lowest BCUT2D eigenvalue weighted by atomic mass is 9.88. The fourth-order valence-electron chi connectivity index (χ4n) is 3.61. The Balaban J connectivity index is 1.91. The highest BCUT2D eigenvalue weighted by molar-refractivity contribution is 7.80. The van der Waals surface area contributed by atoms with Gasteiger partial charge in [0.05, 0.1) is 33.1 Å². The van der Waals surface area contributed by atoms with Gasteiger partial charge < -0.3 is 34.9 Å². The Hall–Kier alpha value is -3.79. The number of carbonyl (C=O) groups excluding carboxylic acids is 2. The van der Waals surface area contributed by atoms with E-state index in [2.05, 4.69) is 22.5 Å². The van der Waals surface area contributed by atoms with Crippen molar-refractivity contribution in [1.29, 1.82) is 0 Å². The zero-order valence-corrected chi connectivity index (χ0v) is 20.2. The van der Waals surface area contributed by atoms with E-state index in [1.165, 1.54) is 21.3 Å². The molecule has 3 atom stereocenters. The molecule has 2 aromatic rings. The van der Waals surface area contributed by atoms with Crippen molar-refractivity contribution in [3.63, 3.8) is 0 Å². The van der Waals surface area contributed by atoms with Gasteiger partial charge in [-0.15, -0.1) is 0 Å². The van der Waals surface area contributed by atoms with Crippen molar-refractivity contribution in [3.05, 3.63) is 60.3 Å². The van der Waals surface area contributed by atoms with Crippen LogP contribution in [-0.4, -0.2) is 44.4 Å². The minimum atomic E-state index is -0.825. The standard InChI is InChI=1S/C24H27N3O6S/c1-13-20(22(28)26-16-8-6-7-9-17(16)30-3)21(27-24(34)25-13)15-10-11-18(19(12-15)31-4)33-14(2)23(29)32-5/h6-12,14,20-21H,1H2,2-5H3,(H,26,28)(H2,25,27,34)/t14-,20-,21+/m1/s1. The van der Waals surface area contributed by atoms with Crippen molar-refractivity contribution < 1.29 is 28.5 Å². The zero-order valence-electron chi connectivity index (χ0n) is 19.3. The summed E-state index contributed by atoms with van der Waals surface area (Å²) in [6.45, 7) is 5.59. The maximum Gasteiger partial charge on any atom is 0.346 e. The third-order valence-electron chi connectivity index (χ3n) is 5.30. The van der Waals surface area contributed by atoms with Crippen LogP contribution in [0.15, 0.2) is 54.7 Å². The number of esters is 1. The van der Waals surface area contributed by atoms with Crippen LogP contribution in [0.5, 0.6) is 17.2 Å². The molecule has 180 valence electrons. The molecule has 34 heavy (non-hydrogen) atoms. The maximum atomic E-state index is 13.4. The van der Waals surface area contributed by atoms with E-state index >= 15 is 0 Å². The molecule has 9 nitrogen and oxygen atoms in total. The summed E-state index contributed by atoms with van der Waals surface area (Å²) >= 11 is 5.31. The highest BCUT2D eigenvalue weighted by atomic mass is 32.1. The number of carbonyl (C=O) groups is 2. The number of nitrogens with one attached hydrogen (secondary N) is 3. The molecule has 0 aliphatic carbocycles. The summed E-state index contributed by atoms with van der Waals surface area (Å²) < 4.78 is 21.2. The van der Waals surface area contributed by atoms with Crippen molar-refractivity contribution >= 4 is 34.9 Å². The molecule has 1 heterocycles. The van der Waals surface area contributed by atoms with Crippen LogP contribution >= 0.6 is 12.2 Å². The molecule has 0 aromatic heterocycles. The van der Waals surface area contributed by atoms with E-state index in [1.807, 2.05) is 6.07 Å². The molecular weight excluding hydrogens is 458 g/mol. The van der Waals surface area contributed by atoms with E-state index in [-0.39, 0.29) is 5.91 Å². The van der Waals surface area contributed by atoms with E-state index in [0.29, 0.717) is 39.3 Å². The summed E-state index contributed by atoms with van der Waals surface area (Å²) in [5.74, 6) is -0.264. The Morgan fingerprint density at radius 1 is 1.06 bits per heavy atom. The Kier molecular flexibility index (Phi) is 7.95. The average molecular weight is 486 g/mol. The van der Waals surface area contributed by atoms with Gasteiger partial charge in [-0.1, -0.05) is 24.8 Å². The predicted octanol–water partition coefficient (Wildman–Crippen LogP) is 2.93. The van der Waals surface area contributed by atoms with E-state index in [1.54, 1.807) is 43.3 Å². The molecule has 1 fully saturated rings. The van der Waals surface area contributed by atoms with Gasteiger partial charge in [-0.3, -0.25) is 4.79 Å². The van der Waals surface area contributed by atoms with E-state index in [0.717, 1.165) is 0 Å². The summed E-state index contributed by atoms with van der Waals surface area (Å²) in [6, 6.07) is 11.7. The fraction of sp³-hybridized carbons (Fsp3) is 0.292. The Bertz CT molecular complexity index is 1110. The number of ether oxygens (including phenoxy) is 4. The number of amides is 1. The summed E-state index contributed by atoms with van der Waals surface area (Å²) in [7, 11) is 4.31. The van der Waals surface area contributed by atoms with Crippen LogP contribution in [0, 0.1) is 5.92 Å². The molecule has 1 aliphatic rings. The first-order chi connectivity index (χ1) is 16.3. The van der Waals surface area contributed by atoms with Crippen molar-refractivity contribution in [2.24, 2.45) is 5.92 Å². The Morgan fingerprint density at radius 3 is 2.44 bits per heavy atom. The van der Waals surface area contributed by atoms with Crippen molar-refractivity contribution in [2.75, 3.05) is 26.6 Å². The molecule has 0 saturated carbocycles. The topological polar surface area (TPSA) is 107 Å². The van der Waals surface area contributed by atoms with Gasteiger partial charge in [0.1, 0.15) is 11.7 Å². The van der Waals surface area contributed by atoms with Crippen LogP contribution in [0.1, 0.15) is 18.5 Å². The van der Waals surface area contributed by atoms with Crippen molar-refractivity contribution in [2.45, 2.75) is 19.1 Å². The van der Waals surface area contributed by atoms with Crippen LogP contribution in [0.2, 0.25) is 0 Å². The van der Waals surface area contributed by atoms with Gasteiger partial charge >= 0.3 is 5.97 Å². The molecule has 0 bridgehead atoms. The third kappa shape index (κ3) is 5.40. The second-order valence-corrected chi connectivity index (χ2v) is 7.87. The first-order valence-electron chi connectivity index (χ1n) is 10.4. The number of rotatable bonds is 8. The van der Waals surface area contributed by atoms with Gasteiger partial charge in [0.15, 0.2) is 22.7 Å². The smallest absolute Gasteiger partial charge is 0.346 e. The number of hydrogen-bond donors (Lipinski definition) is 3. The number of benzene rings is 2. The SMILES string of the molecule is C=C1NC(=S)N[C@@H](c2ccc(O[C@H](C)C(=O)OC)c(OC)c2)[C@@H]1C(=O)Nc1ccccc1OC. The predicted molar refractivity (Wildman–Crippen MR) is 131 cm³/mol. The monoisotopic (exact) mass is 485 g/mol. The fourth-order valence-corrected chi connectivity index (χ4v) is 3.87. The highest BCUT2D eigenvalue weighted by Crippen LogP contribution is 2.37. The van der Waals surface area contributed by atoms with Gasteiger partial charge in [-0.25, -0.2) is 4.79 Å². The van der Waals surface area contributed by atoms with E-state index in [4.69, 9.17) is 31.2 Å². The molecule has 0 unspecified atom stereocenters. The number of methoxy groups -OCH3 is 3. The first kappa shape index (κ1) is 24.8. The second-order valence-electron chi connectivity index (χ2n) is 7.46. The Morgan fingerprint density at radius 2 is 1.76 bits per heavy atom. The molecule has 2 aromatic carbocycles. The number of thiocarbonyl (C=S) groups is 1. The van der Waals surface area contributed by atoms with Gasteiger partial charge in [0.25, 0.3) is 0 Å². The van der Waals surface area contributed by atoms with Crippen molar-refractivity contribution in [3.8, 4) is 17.2 Å². The van der Waals surface area contributed by atoms with Gasteiger partial charge in [-0.05, 0) is 49.0 Å². The maximum absolute atomic E-state index is 13.4. The van der Waals surface area contributed by atoms with Crippen LogP contribution < -0.4 is 30.2 Å². The lowest BCUT2D eigenvalue weighted by Gasteiger charge is -2.35. The molecular formula is C24H27N3O6S. The van der Waals surface area contributed by atoms with E-state index < -0.39 is 24.0 Å². The minimum Gasteiger partial charge on any atom is -0.495 e. The minimum absolute atomic E-state index is 0.305. The lowest BCUT2D eigenvalue weighted by Crippen LogP contribution is -2.51. The summed E-state index contributed by atoms with van der Waals surface area (Å²) in [6.07, 6.45) is -0.825. The van der Waals surface area contributed by atoms with Gasteiger partial charge in [0, 0.05) is 5.70 Å². The summed E-state index contributed by atoms with van der Waals surface area (Å²) in [4.78, 5) is 25.1. The molecule has 1 amide bonds. The third-order valence-corrected chi connectivity index (χ3v) is 5.52. The summed E-state index contributed by atoms with van der Waals surface area (Å²) in [5.41, 5.74) is 1.69. The molecule has 10 heteroatoms. The number of anilines is 1. The van der Waals surface area contributed by atoms with Crippen LogP contribution in [0.4, 0.5) is 5.69 Å². The van der Waals surface area contributed by atoms with Crippen LogP contribution in [-0.2, 0) is 14.3 Å². The number of hydrogen-bond acceptors (Lipinski definition) is 7.